The zero-order chi connectivity index (χ0) is 12.9. The third-order valence-corrected chi connectivity index (χ3v) is 4.53. The molecule has 0 aliphatic heterocycles. The average Bonchev–Trinajstić information content (AvgIpc) is 2.94. The molecule has 3 rings (SSSR count). The first kappa shape index (κ1) is 12.0. The van der Waals surface area contributed by atoms with Crippen molar-refractivity contribution in [2.24, 2.45) is 12.5 Å². The number of halogens is 1. The third kappa shape index (κ3) is 1.66. The van der Waals surface area contributed by atoms with Gasteiger partial charge in [-0.3, -0.25) is 4.68 Å². The van der Waals surface area contributed by atoms with Crippen LogP contribution in [-0.4, -0.2) is 19.3 Å². The van der Waals surface area contributed by atoms with Crippen molar-refractivity contribution in [3.63, 3.8) is 0 Å². The molecule has 4 nitrogen and oxygen atoms in total. The normalized spacial score (nSPS) is 17.6. The summed E-state index contributed by atoms with van der Waals surface area (Å²) in [6.07, 6.45) is 3.87. The zero-order valence-corrected chi connectivity index (χ0v) is 12.0. The molecule has 0 spiro atoms. The SMILES string of the molecule is CCC1(Cn2c(CCl)nc3c(C)nn(C)c32)CC1. The Hall–Kier alpha value is -1.03. The van der Waals surface area contributed by atoms with Crippen molar-refractivity contribution in [1.82, 2.24) is 19.3 Å². The van der Waals surface area contributed by atoms with Crippen molar-refractivity contribution in [2.45, 2.75) is 45.5 Å². The van der Waals surface area contributed by atoms with Gasteiger partial charge in [0.1, 0.15) is 11.3 Å². The summed E-state index contributed by atoms with van der Waals surface area (Å²) in [5, 5.41) is 4.45. The lowest BCUT2D eigenvalue weighted by molar-refractivity contribution is 0.406. The summed E-state index contributed by atoms with van der Waals surface area (Å²) in [4.78, 5) is 4.65. The first-order chi connectivity index (χ1) is 8.60. The van der Waals surface area contributed by atoms with Crippen molar-refractivity contribution in [3.05, 3.63) is 11.5 Å². The molecule has 0 unspecified atom stereocenters. The van der Waals surface area contributed by atoms with E-state index in [-0.39, 0.29) is 0 Å². The van der Waals surface area contributed by atoms with Gasteiger partial charge in [-0.25, -0.2) is 4.98 Å². The summed E-state index contributed by atoms with van der Waals surface area (Å²) >= 11 is 6.04. The largest absolute Gasteiger partial charge is 0.311 e. The number of aryl methyl sites for hydroxylation is 2. The molecule has 0 bridgehead atoms. The molecule has 1 aliphatic carbocycles. The van der Waals surface area contributed by atoms with Crippen molar-refractivity contribution in [1.29, 1.82) is 0 Å². The molecule has 2 aromatic heterocycles. The minimum atomic E-state index is 0.466. The van der Waals surface area contributed by atoms with E-state index in [4.69, 9.17) is 11.6 Å². The van der Waals surface area contributed by atoms with Gasteiger partial charge in [0.05, 0.1) is 11.6 Å². The number of aromatic nitrogens is 4. The van der Waals surface area contributed by atoms with Crippen LogP contribution in [0.15, 0.2) is 0 Å². The van der Waals surface area contributed by atoms with Crippen molar-refractivity contribution < 1.29 is 0 Å². The maximum atomic E-state index is 6.04. The molecule has 98 valence electrons. The summed E-state index contributed by atoms with van der Waals surface area (Å²) in [5.41, 5.74) is 3.58. The Labute approximate surface area is 112 Å². The molecule has 2 aromatic rings. The predicted octanol–water partition coefficient (Wildman–Crippen LogP) is 3.01. The van der Waals surface area contributed by atoms with Gasteiger partial charge in [-0.1, -0.05) is 6.92 Å². The van der Waals surface area contributed by atoms with E-state index >= 15 is 0 Å². The van der Waals surface area contributed by atoms with Gasteiger partial charge in [-0.05, 0) is 31.6 Å². The van der Waals surface area contributed by atoms with Crippen LogP contribution in [0.2, 0.25) is 0 Å². The van der Waals surface area contributed by atoms with Gasteiger partial charge >= 0.3 is 0 Å². The summed E-state index contributed by atoms with van der Waals surface area (Å²) in [7, 11) is 1.98. The Morgan fingerprint density at radius 3 is 2.67 bits per heavy atom. The fourth-order valence-corrected chi connectivity index (χ4v) is 2.99. The summed E-state index contributed by atoms with van der Waals surface area (Å²) in [6, 6.07) is 0. The van der Waals surface area contributed by atoms with Crippen LogP contribution in [-0.2, 0) is 19.5 Å². The van der Waals surface area contributed by atoms with E-state index < -0.39 is 0 Å². The maximum Gasteiger partial charge on any atom is 0.158 e. The quantitative estimate of drug-likeness (QED) is 0.798. The number of imidazole rings is 1. The lowest BCUT2D eigenvalue weighted by atomic mass is 10.0. The number of fused-ring (bicyclic) bond motifs is 1. The Morgan fingerprint density at radius 2 is 2.11 bits per heavy atom. The van der Waals surface area contributed by atoms with Crippen LogP contribution in [0.25, 0.3) is 11.2 Å². The molecule has 1 aliphatic rings. The number of hydrogen-bond donors (Lipinski definition) is 0. The summed E-state index contributed by atoms with van der Waals surface area (Å²) in [5.74, 6) is 1.44. The van der Waals surface area contributed by atoms with E-state index in [1.54, 1.807) is 0 Å². The van der Waals surface area contributed by atoms with E-state index in [2.05, 4.69) is 21.6 Å². The van der Waals surface area contributed by atoms with E-state index in [0.717, 1.165) is 29.2 Å². The van der Waals surface area contributed by atoms with Gasteiger partial charge in [-0.2, -0.15) is 5.10 Å². The number of rotatable bonds is 4. The van der Waals surface area contributed by atoms with Crippen LogP contribution in [0.3, 0.4) is 0 Å². The smallest absolute Gasteiger partial charge is 0.158 e. The average molecular weight is 267 g/mol. The number of alkyl halides is 1. The highest BCUT2D eigenvalue weighted by atomic mass is 35.5. The van der Waals surface area contributed by atoms with Gasteiger partial charge in [0, 0.05) is 13.6 Å². The van der Waals surface area contributed by atoms with Crippen molar-refractivity contribution in [2.75, 3.05) is 0 Å². The van der Waals surface area contributed by atoms with Crippen LogP contribution < -0.4 is 0 Å². The Balaban J connectivity index is 2.13. The Kier molecular flexibility index (Phi) is 2.66. The summed E-state index contributed by atoms with van der Waals surface area (Å²) in [6.45, 7) is 5.31. The second-order valence-corrected chi connectivity index (χ2v) is 5.75. The Morgan fingerprint density at radius 1 is 1.39 bits per heavy atom. The second-order valence-electron chi connectivity index (χ2n) is 5.48. The van der Waals surface area contributed by atoms with Crippen LogP contribution in [0.4, 0.5) is 0 Å². The van der Waals surface area contributed by atoms with Crippen molar-refractivity contribution in [3.8, 4) is 0 Å². The van der Waals surface area contributed by atoms with Gasteiger partial charge in [0.25, 0.3) is 0 Å². The third-order valence-electron chi connectivity index (χ3n) is 4.29. The highest BCUT2D eigenvalue weighted by Crippen LogP contribution is 2.50. The molecule has 0 atom stereocenters. The fraction of sp³-hybridized carbons (Fsp3) is 0.692. The number of hydrogen-bond acceptors (Lipinski definition) is 2. The highest BCUT2D eigenvalue weighted by molar-refractivity contribution is 6.16. The van der Waals surface area contributed by atoms with Gasteiger partial charge < -0.3 is 4.57 Å². The van der Waals surface area contributed by atoms with Crippen molar-refractivity contribution >= 4 is 22.8 Å². The topological polar surface area (TPSA) is 35.6 Å². The summed E-state index contributed by atoms with van der Waals surface area (Å²) < 4.78 is 4.21. The van der Waals surface area contributed by atoms with Gasteiger partial charge in [0.15, 0.2) is 5.65 Å². The lowest BCUT2D eigenvalue weighted by Crippen LogP contribution is -2.14. The Bertz CT molecular complexity index is 592. The maximum absolute atomic E-state index is 6.04. The molecular formula is C13H19ClN4. The minimum absolute atomic E-state index is 0.466. The molecule has 1 fully saturated rings. The van der Waals surface area contributed by atoms with Gasteiger partial charge in [-0.15, -0.1) is 11.6 Å². The molecule has 1 saturated carbocycles. The zero-order valence-electron chi connectivity index (χ0n) is 11.2. The van der Waals surface area contributed by atoms with E-state index in [9.17, 15) is 0 Å². The molecule has 0 saturated heterocycles. The molecule has 2 heterocycles. The lowest BCUT2D eigenvalue weighted by Gasteiger charge is -2.15. The molecule has 0 radical (unpaired) electrons. The van der Waals surface area contributed by atoms with E-state index in [1.165, 1.54) is 19.3 Å². The number of nitrogens with zero attached hydrogens (tertiary/aromatic N) is 4. The van der Waals surface area contributed by atoms with E-state index in [0.29, 0.717) is 11.3 Å². The molecule has 0 N–H and O–H groups in total. The first-order valence-corrected chi connectivity index (χ1v) is 7.08. The first-order valence-electron chi connectivity index (χ1n) is 6.55. The van der Waals surface area contributed by atoms with Crippen LogP contribution in [0.5, 0.6) is 0 Å². The highest BCUT2D eigenvalue weighted by Gasteiger charge is 2.41. The standard InChI is InChI=1S/C13H19ClN4/c1-4-13(5-6-13)8-18-10(7-14)15-11-9(2)16-17(3)12(11)18/h4-8H2,1-3H3. The fourth-order valence-electron chi connectivity index (χ4n) is 2.78. The molecule has 5 heteroatoms. The van der Waals surface area contributed by atoms with Crippen LogP contribution in [0, 0.1) is 12.3 Å². The van der Waals surface area contributed by atoms with Crippen LogP contribution in [0.1, 0.15) is 37.7 Å². The van der Waals surface area contributed by atoms with E-state index in [1.807, 2.05) is 18.7 Å². The predicted molar refractivity (Wildman–Crippen MR) is 72.8 cm³/mol. The second kappa shape index (κ2) is 3.98. The van der Waals surface area contributed by atoms with Crippen LogP contribution >= 0.6 is 11.6 Å². The van der Waals surface area contributed by atoms with Gasteiger partial charge in [0.2, 0.25) is 0 Å². The molecule has 0 aromatic carbocycles. The molecule has 0 amide bonds. The minimum Gasteiger partial charge on any atom is -0.311 e. The molecular weight excluding hydrogens is 248 g/mol. The monoisotopic (exact) mass is 266 g/mol. The molecule has 18 heavy (non-hydrogen) atoms.